The fourth-order valence-corrected chi connectivity index (χ4v) is 3.87. The van der Waals surface area contributed by atoms with Crippen LogP contribution in [0.4, 0.5) is 10.3 Å². The van der Waals surface area contributed by atoms with Crippen LogP contribution >= 0.6 is 0 Å². The van der Waals surface area contributed by atoms with Gasteiger partial charge in [0.25, 0.3) is 0 Å². The topological polar surface area (TPSA) is 63.2 Å². The first kappa shape index (κ1) is 16.4. The number of likely N-dealkylation sites (tertiary alicyclic amines) is 1. The summed E-state index contributed by atoms with van der Waals surface area (Å²) in [4.78, 5) is 14.6. The summed E-state index contributed by atoms with van der Waals surface area (Å²) in [5.74, 6) is 0.0260. The fraction of sp³-hybridized carbons (Fsp3) is 0.500. The van der Waals surface area contributed by atoms with E-state index in [0.717, 1.165) is 38.9 Å². The minimum Gasteiger partial charge on any atom is -0.371 e. The van der Waals surface area contributed by atoms with Gasteiger partial charge in [0, 0.05) is 31.9 Å². The first-order chi connectivity index (χ1) is 12.2. The molecule has 1 N–H and O–H groups in total. The van der Waals surface area contributed by atoms with E-state index in [1.807, 2.05) is 12.3 Å². The van der Waals surface area contributed by atoms with E-state index < -0.39 is 5.82 Å². The van der Waals surface area contributed by atoms with Gasteiger partial charge in [0.15, 0.2) is 5.82 Å². The highest BCUT2D eigenvalue weighted by Crippen LogP contribution is 2.35. The first-order valence-corrected chi connectivity index (χ1v) is 8.70. The highest BCUT2D eigenvalue weighted by molar-refractivity contribution is 5.26. The Morgan fingerprint density at radius 1 is 1.32 bits per heavy atom. The lowest BCUT2D eigenvalue weighted by Crippen LogP contribution is -2.47. The van der Waals surface area contributed by atoms with Crippen molar-refractivity contribution in [1.29, 1.82) is 0 Å². The van der Waals surface area contributed by atoms with Gasteiger partial charge in [0.1, 0.15) is 0 Å². The molecule has 2 aliphatic heterocycles. The van der Waals surface area contributed by atoms with Crippen LogP contribution < -0.4 is 5.32 Å². The number of hydrogen-bond acceptors (Lipinski definition) is 6. The van der Waals surface area contributed by atoms with Gasteiger partial charge in [-0.25, -0.2) is 14.4 Å². The molecule has 2 atom stereocenters. The number of halogens is 1. The van der Waals surface area contributed by atoms with E-state index >= 15 is 0 Å². The minimum absolute atomic E-state index is 0.113. The van der Waals surface area contributed by atoms with E-state index in [1.54, 1.807) is 6.20 Å². The summed E-state index contributed by atoms with van der Waals surface area (Å²) >= 11 is 0. The molecule has 1 spiro atoms. The molecule has 0 saturated carbocycles. The molecular formula is C18H22FN5O. The summed E-state index contributed by atoms with van der Waals surface area (Å²) < 4.78 is 19.1. The number of hydrogen-bond donors (Lipinski definition) is 1. The number of ether oxygens (including phenoxy) is 1. The maximum Gasteiger partial charge on any atom is 0.223 e. The van der Waals surface area contributed by atoms with E-state index in [1.165, 1.54) is 18.0 Å². The molecule has 0 aliphatic carbocycles. The molecule has 2 aliphatic rings. The molecular weight excluding hydrogens is 321 g/mol. The van der Waals surface area contributed by atoms with E-state index in [9.17, 15) is 4.39 Å². The second kappa shape index (κ2) is 7.01. The quantitative estimate of drug-likeness (QED) is 0.919. The number of rotatable bonds is 4. The summed E-state index contributed by atoms with van der Waals surface area (Å²) in [6.45, 7) is 3.53. The van der Waals surface area contributed by atoms with Crippen molar-refractivity contribution in [2.75, 3.05) is 25.0 Å². The van der Waals surface area contributed by atoms with Crippen LogP contribution in [0.2, 0.25) is 0 Å². The second-order valence-corrected chi connectivity index (χ2v) is 6.94. The molecule has 132 valence electrons. The number of aromatic nitrogens is 3. The molecule has 2 aromatic heterocycles. The Kier molecular flexibility index (Phi) is 4.59. The Bertz CT molecular complexity index is 698. The van der Waals surface area contributed by atoms with Crippen LogP contribution in [0, 0.1) is 5.82 Å². The summed E-state index contributed by atoms with van der Waals surface area (Å²) in [6, 6.07) is 4.24. The Labute approximate surface area is 146 Å². The molecule has 0 aromatic carbocycles. The van der Waals surface area contributed by atoms with Crippen molar-refractivity contribution in [1.82, 2.24) is 19.9 Å². The minimum atomic E-state index is -0.428. The van der Waals surface area contributed by atoms with Gasteiger partial charge in [-0.2, -0.15) is 0 Å². The molecule has 2 saturated heterocycles. The largest absolute Gasteiger partial charge is 0.371 e. The Morgan fingerprint density at radius 3 is 3.00 bits per heavy atom. The van der Waals surface area contributed by atoms with Gasteiger partial charge < -0.3 is 10.1 Å². The van der Waals surface area contributed by atoms with Crippen molar-refractivity contribution in [3.8, 4) is 0 Å². The summed E-state index contributed by atoms with van der Waals surface area (Å²) in [5.41, 5.74) is 1.12. The van der Waals surface area contributed by atoms with Gasteiger partial charge >= 0.3 is 0 Å². The summed E-state index contributed by atoms with van der Waals surface area (Å²) in [7, 11) is 0. The van der Waals surface area contributed by atoms with Crippen molar-refractivity contribution in [2.45, 2.75) is 37.5 Å². The average molecular weight is 343 g/mol. The summed E-state index contributed by atoms with van der Waals surface area (Å²) in [5, 5.41) is 3.26. The maximum absolute atomic E-state index is 12.9. The highest BCUT2D eigenvalue weighted by atomic mass is 19.1. The standard InChI is InChI=1S/C18H22FN5O/c19-15-9-21-17(22-10-15)23-16-7-18(25-12-16)4-2-6-24(13-18)11-14-3-1-5-20-8-14/h1,3,5,8-10,16H,2,4,6-7,11-13H2,(H,21,22,23). The molecule has 4 heterocycles. The summed E-state index contributed by atoms with van der Waals surface area (Å²) in [6.07, 6.45) is 9.19. The van der Waals surface area contributed by atoms with Crippen molar-refractivity contribution in [2.24, 2.45) is 0 Å². The lowest BCUT2D eigenvalue weighted by molar-refractivity contribution is -0.0533. The molecule has 4 rings (SSSR count). The van der Waals surface area contributed by atoms with E-state index in [0.29, 0.717) is 12.6 Å². The van der Waals surface area contributed by atoms with Crippen molar-refractivity contribution in [3.05, 3.63) is 48.3 Å². The Morgan fingerprint density at radius 2 is 2.20 bits per heavy atom. The number of nitrogens with one attached hydrogen (secondary N) is 1. The zero-order valence-corrected chi connectivity index (χ0v) is 14.1. The first-order valence-electron chi connectivity index (χ1n) is 8.70. The zero-order chi connectivity index (χ0) is 17.1. The molecule has 7 heteroatoms. The van der Waals surface area contributed by atoms with Gasteiger partial charge in [0.2, 0.25) is 5.95 Å². The van der Waals surface area contributed by atoms with Gasteiger partial charge in [-0.1, -0.05) is 6.07 Å². The molecule has 2 fully saturated rings. The van der Waals surface area contributed by atoms with E-state index in [-0.39, 0.29) is 11.6 Å². The van der Waals surface area contributed by atoms with Crippen molar-refractivity contribution in [3.63, 3.8) is 0 Å². The Hall–Kier alpha value is -2.12. The van der Waals surface area contributed by atoms with E-state index in [4.69, 9.17) is 4.74 Å². The van der Waals surface area contributed by atoms with Crippen LogP contribution in [-0.2, 0) is 11.3 Å². The van der Waals surface area contributed by atoms with Crippen molar-refractivity contribution < 1.29 is 9.13 Å². The lowest BCUT2D eigenvalue weighted by Gasteiger charge is -2.39. The van der Waals surface area contributed by atoms with Crippen molar-refractivity contribution >= 4 is 5.95 Å². The molecule has 0 radical (unpaired) electrons. The average Bonchev–Trinajstić information content (AvgIpc) is 3.00. The van der Waals surface area contributed by atoms with Crippen LogP contribution in [0.25, 0.3) is 0 Å². The van der Waals surface area contributed by atoms with Crippen LogP contribution in [-0.4, -0.2) is 51.2 Å². The van der Waals surface area contributed by atoms with Gasteiger partial charge in [-0.15, -0.1) is 0 Å². The molecule has 0 bridgehead atoms. The lowest BCUT2D eigenvalue weighted by atomic mass is 9.88. The van der Waals surface area contributed by atoms with Crippen LogP contribution in [0.5, 0.6) is 0 Å². The molecule has 6 nitrogen and oxygen atoms in total. The van der Waals surface area contributed by atoms with Gasteiger partial charge in [0.05, 0.1) is 30.6 Å². The zero-order valence-electron chi connectivity index (χ0n) is 14.1. The number of pyridine rings is 1. The monoisotopic (exact) mass is 343 g/mol. The van der Waals surface area contributed by atoms with Gasteiger partial charge in [-0.05, 0) is 31.0 Å². The molecule has 2 unspecified atom stereocenters. The maximum atomic E-state index is 12.9. The van der Waals surface area contributed by atoms with Crippen LogP contribution in [0.15, 0.2) is 36.9 Å². The number of nitrogens with zero attached hydrogens (tertiary/aromatic N) is 4. The molecule has 2 aromatic rings. The Balaban J connectivity index is 1.36. The normalized spacial score (nSPS) is 26.8. The predicted molar refractivity (Wildman–Crippen MR) is 91.4 cm³/mol. The number of anilines is 1. The third kappa shape index (κ3) is 3.93. The second-order valence-electron chi connectivity index (χ2n) is 6.94. The predicted octanol–water partition coefficient (Wildman–Crippen LogP) is 2.25. The SMILES string of the molecule is Fc1cnc(NC2COC3(CCCN(Cc4cccnc4)C3)C2)nc1. The van der Waals surface area contributed by atoms with Crippen LogP contribution in [0.3, 0.4) is 0 Å². The fourth-order valence-electron chi connectivity index (χ4n) is 3.87. The van der Waals surface area contributed by atoms with E-state index in [2.05, 4.69) is 31.2 Å². The highest BCUT2D eigenvalue weighted by Gasteiger charge is 2.43. The third-order valence-corrected chi connectivity index (χ3v) is 4.91. The van der Waals surface area contributed by atoms with Crippen LogP contribution in [0.1, 0.15) is 24.8 Å². The smallest absolute Gasteiger partial charge is 0.223 e. The third-order valence-electron chi connectivity index (χ3n) is 4.91. The van der Waals surface area contributed by atoms with Gasteiger partial charge in [-0.3, -0.25) is 9.88 Å². The molecule has 0 amide bonds. The number of piperidine rings is 1. The molecule has 25 heavy (non-hydrogen) atoms.